The van der Waals surface area contributed by atoms with Gasteiger partial charge in [-0.3, -0.25) is 14.5 Å². The molecule has 44 heavy (non-hydrogen) atoms. The number of carboxylic acid groups (broad SMARTS) is 2. The molecule has 3 aromatic carbocycles. The van der Waals surface area contributed by atoms with E-state index in [0.717, 1.165) is 30.5 Å². The molecule has 0 amide bonds. The Morgan fingerprint density at radius 1 is 0.909 bits per heavy atom. The van der Waals surface area contributed by atoms with Crippen LogP contribution in [0.25, 0.3) is 0 Å². The molecule has 0 aromatic heterocycles. The van der Waals surface area contributed by atoms with E-state index in [9.17, 15) is 31.5 Å². The third kappa shape index (κ3) is 8.53. The number of carbonyl (C=O) groups is 2. The average molecular weight is 619 g/mol. The Morgan fingerprint density at radius 2 is 1.55 bits per heavy atom. The Balaban J connectivity index is 0.000000488. The summed E-state index contributed by atoms with van der Waals surface area (Å²) in [5.74, 6) is -2.53. The number of fused-ring (bicyclic) bond motifs is 2. The number of alkyl halides is 3. The number of likely N-dealkylation sites (N-methyl/N-ethyl adjacent to an activating group) is 1. The van der Waals surface area contributed by atoms with Crippen molar-refractivity contribution in [2.24, 2.45) is 4.99 Å². The van der Waals surface area contributed by atoms with Crippen LogP contribution >= 0.6 is 0 Å². The Bertz CT molecular complexity index is 1510. The molecule has 2 aliphatic rings. The summed E-state index contributed by atoms with van der Waals surface area (Å²) in [5, 5.41) is 18.9. The number of piperazine rings is 1. The molecule has 0 saturated carbocycles. The number of anilines is 2. The number of amidine groups is 1. The normalized spacial score (nSPS) is 16.4. The smallest absolute Gasteiger partial charge is 0.416 e. The molecule has 1 fully saturated rings. The van der Waals surface area contributed by atoms with Gasteiger partial charge in [-0.05, 0) is 67.9 Å². The Labute approximate surface area is 250 Å². The van der Waals surface area contributed by atoms with E-state index in [-0.39, 0.29) is 24.7 Å². The van der Waals surface area contributed by atoms with E-state index in [4.69, 9.17) is 10.2 Å². The number of aliphatic carboxylic acids is 2. The standard InChI is InChI=1S/C27H25F5N4.C4H6O4/c1-35-12-13-36(16-21(35)9-4-17-2-6-19(28)7-3-17)26-22-14-18(27(30,31)32)5-10-23(22)33-24-11-8-20(29)15-25(24)34-26;5-3(6)1-2-4(7)8/h2-3,5-8,10-11,14-15,21,33H,4,9,12-13,16H2,1H3;1-2H2,(H,5,6)(H,7,8)/t21-;/m0./s1. The van der Waals surface area contributed by atoms with Gasteiger partial charge in [-0.2, -0.15) is 13.2 Å². The number of nitrogens with one attached hydrogen (secondary N) is 1. The number of aryl methyl sites for hydroxylation is 1. The van der Waals surface area contributed by atoms with Crippen molar-refractivity contribution >= 4 is 34.8 Å². The summed E-state index contributed by atoms with van der Waals surface area (Å²) in [6, 6.07) is 14.1. The zero-order valence-electron chi connectivity index (χ0n) is 23.7. The van der Waals surface area contributed by atoms with Gasteiger partial charge in [0.2, 0.25) is 0 Å². The van der Waals surface area contributed by atoms with Crippen LogP contribution in [0.4, 0.5) is 39.0 Å². The lowest BCUT2D eigenvalue weighted by atomic mass is 10.0. The second-order valence-corrected chi connectivity index (χ2v) is 10.5. The van der Waals surface area contributed by atoms with E-state index in [2.05, 4.69) is 15.2 Å². The molecular weight excluding hydrogens is 587 g/mol. The first-order valence-electron chi connectivity index (χ1n) is 13.8. The number of halogens is 5. The molecule has 0 aliphatic carbocycles. The predicted molar refractivity (Wildman–Crippen MR) is 155 cm³/mol. The minimum atomic E-state index is -4.51. The molecule has 0 bridgehead atoms. The van der Waals surface area contributed by atoms with Crippen molar-refractivity contribution in [2.75, 3.05) is 32.0 Å². The van der Waals surface area contributed by atoms with Crippen LogP contribution in [0.3, 0.4) is 0 Å². The van der Waals surface area contributed by atoms with Gasteiger partial charge < -0.3 is 20.4 Å². The molecule has 2 aliphatic heterocycles. The van der Waals surface area contributed by atoms with Crippen molar-refractivity contribution in [1.29, 1.82) is 0 Å². The Kier molecular flexibility index (Phi) is 10.2. The quantitative estimate of drug-likeness (QED) is 0.279. The van der Waals surface area contributed by atoms with E-state index in [1.54, 1.807) is 12.1 Å². The summed E-state index contributed by atoms with van der Waals surface area (Å²) in [6.45, 7) is 1.78. The summed E-state index contributed by atoms with van der Waals surface area (Å²) in [5.41, 5.74) is 1.90. The van der Waals surface area contributed by atoms with Crippen LogP contribution in [0.15, 0.2) is 65.7 Å². The molecule has 3 N–H and O–H groups in total. The van der Waals surface area contributed by atoms with Gasteiger partial charge in [-0.25, -0.2) is 13.8 Å². The molecule has 0 unspecified atom stereocenters. The highest BCUT2D eigenvalue weighted by Crippen LogP contribution is 2.39. The molecule has 1 saturated heterocycles. The van der Waals surface area contributed by atoms with E-state index in [1.807, 2.05) is 11.9 Å². The number of benzene rings is 3. The maximum atomic E-state index is 14.1. The Morgan fingerprint density at radius 3 is 2.18 bits per heavy atom. The molecule has 8 nitrogen and oxygen atoms in total. The first kappa shape index (κ1) is 32.4. The van der Waals surface area contributed by atoms with Crippen LogP contribution in [-0.2, 0) is 22.2 Å². The van der Waals surface area contributed by atoms with E-state index < -0.39 is 29.5 Å². The summed E-state index contributed by atoms with van der Waals surface area (Å²) in [7, 11) is 2.02. The second-order valence-electron chi connectivity index (χ2n) is 10.5. The number of hydrogen-bond acceptors (Lipinski definition) is 6. The highest BCUT2D eigenvalue weighted by atomic mass is 19.4. The van der Waals surface area contributed by atoms with Crippen molar-refractivity contribution in [3.05, 3.63) is 89.0 Å². The first-order valence-corrected chi connectivity index (χ1v) is 13.8. The SMILES string of the molecule is CN1CCN(C2=Nc3cc(F)ccc3Nc3ccc(C(F)(F)F)cc32)C[C@@H]1CCc1ccc(F)cc1.O=C(O)CCC(=O)O. The van der Waals surface area contributed by atoms with Gasteiger partial charge >= 0.3 is 18.1 Å². The molecule has 0 spiro atoms. The number of rotatable bonds is 6. The highest BCUT2D eigenvalue weighted by molar-refractivity contribution is 6.08. The van der Waals surface area contributed by atoms with Crippen LogP contribution < -0.4 is 5.32 Å². The first-order chi connectivity index (χ1) is 20.8. The van der Waals surface area contributed by atoms with Crippen LogP contribution in [0.2, 0.25) is 0 Å². The minimum absolute atomic E-state index is 0.101. The lowest BCUT2D eigenvalue weighted by Crippen LogP contribution is -2.53. The van der Waals surface area contributed by atoms with Crippen molar-refractivity contribution in [1.82, 2.24) is 9.80 Å². The fourth-order valence-electron chi connectivity index (χ4n) is 4.93. The third-order valence-corrected chi connectivity index (χ3v) is 7.35. The number of carboxylic acids is 2. The fraction of sp³-hybridized carbons (Fsp3) is 0.323. The summed E-state index contributed by atoms with van der Waals surface area (Å²) < 4.78 is 68.1. The zero-order chi connectivity index (χ0) is 32.0. The maximum absolute atomic E-state index is 14.1. The number of aliphatic imine (C=N–C) groups is 1. The molecule has 5 rings (SSSR count). The number of hydrogen-bond donors (Lipinski definition) is 3. The van der Waals surface area contributed by atoms with Crippen molar-refractivity contribution in [3.63, 3.8) is 0 Å². The van der Waals surface area contributed by atoms with Crippen LogP contribution in [0.1, 0.15) is 36.0 Å². The monoisotopic (exact) mass is 618 g/mol. The summed E-state index contributed by atoms with van der Waals surface area (Å²) in [4.78, 5) is 28.2. The van der Waals surface area contributed by atoms with Crippen LogP contribution in [0, 0.1) is 11.6 Å². The molecule has 13 heteroatoms. The minimum Gasteiger partial charge on any atom is -0.481 e. The van der Waals surface area contributed by atoms with Gasteiger partial charge in [0.1, 0.15) is 17.5 Å². The molecule has 0 radical (unpaired) electrons. The van der Waals surface area contributed by atoms with Gasteiger partial charge in [0.15, 0.2) is 0 Å². The average Bonchev–Trinajstić information content (AvgIpc) is 3.12. The van der Waals surface area contributed by atoms with Gasteiger partial charge in [0.25, 0.3) is 0 Å². The van der Waals surface area contributed by atoms with Gasteiger partial charge in [-0.1, -0.05) is 12.1 Å². The molecular formula is C31H31F5N4O4. The lowest BCUT2D eigenvalue weighted by Gasteiger charge is -2.41. The largest absolute Gasteiger partial charge is 0.481 e. The van der Waals surface area contributed by atoms with Gasteiger partial charge in [0, 0.05) is 43.0 Å². The lowest BCUT2D eigenvalue weighted by molar-refractivity contribution is -0.143. The van der Waals surface area contributed by atoms with E-state index in [1.165, 1.54) is 36.4 Å². The highest BCUT2D eigenvalue weighted by Gasteiger charge is 2.34. The van der Waals surface area contributed by atoms with Crippen molar-refractivity contribution in [2.45, 2.75) is 37.9 Å². The fourth-order valence-corrected chi connectivity index (χ4v) is 4.93. The van der Waals surface area contributed by atoms with Crippen molar-refractivity contribution < 1.29 is 41.8 Å². The Hall–Kier alpha value is -4.52. The topological polar surface area (TPSA) is 105 Å². The van der Waals surface area contributed by atoms with E-state index >= 15 is 0 Å². The van der Waals surface area contributed by atoms with Crippen LogP contribution in [0.5, 0.6) is 0 Å². The second kappa shape index (κ2) is 13.8. The van der Waals surface area contributed by atoms with Crippen molar-refractivity contribution in [3.8, 4) is 0 Å². The van der Waals surface area contributed by atoms with Crippen LogP contribution in [-0.4, -0.2) is 70.5 Å². The zero-order valence-corrected chi connectivity index (χ0v) is 23.7. The molecule has 2 heterocycles. The van der Waals surface area contributed by atoms with E-state index in [0.29, 0.717) is 48.1 Å². The molecule has 1 atom stereocenters. The summed E-state index contributed by atoms with van der Waals surface area (Å²) >= 11 is 0. The summed E-state index contributed by atoms with van der Waals surface area (Å²) in [6.07, 6.45) is -3.58. The maximum Gasteiger partial charge on any atom is 0.416 e. The van der Waals surface area contributed by atoms with Gasteiger partial charge in [-0.15, -0.1) is 0 Å². The third-order valence-electron chi connectivity index (χ3n) is 7.35. The number of nitrogens with zero attached hydrogens (tertiary/aromatic N) is 3. The van der Waals surface area contributed by atoms with Gasteiger partial charge in [0.05, 0.1) is 29.8 Å². The molecule has 234 valence electrons. The molecule has 3 aromatic rings. The predicted octanol–water partition coefficient (Wildman–Crippen LogP) is 6.30.